The van der Waals surface area contributed by atoms with Crippen LogP contribution in [0.25, 0.3) is 95.0 Å². The lowest BCUT2D eigenvalue weighted by Crippen LogP contribution is -2.04. The van der Waals surface area contributed by atoms with Crippen molar-refractivity contribution in [2.24, 2.45) is 0 Å². The molecule has 10 rings (SSSR count). The minimum atomic E-state index is -0.645. The fourth-order valence-electron chi connectivity index (χ4n) is 8.65. The molecular weight excluding hydrogens is 755 g/mol. The highest BCUT2D eigenvalue weighted by Gasteiger charge is 2.23. The molecule has 2 heterocycles. The zero-order chi connectivity index (χ0) is 41.8. The van der Waals surface area contributed by atoms with Gasteiger partial charge in [0.15, 0.2) is 17.5 Å². The zero-order valence-corrected chi connectivity index (χ0v) is 34.2. The van der Waals surface area contributed by atoms with Crippen molar-refractivity contribution in [3.05, 3.63) is 204 Å². The molecule has 8 aromatic carbocycles. The fraction of sp³-hybridized carbons (Fsp3) is 0.0727. The van der Waals surface area contributed by atoms with Gasteiger partial charge in [0.25, 0.3) is 0 Å². The van der Waals surface area contributed by atoms with Crippen LogP contribution < -0.4 is 0 Å². The maximum absolute atomic E-state index is 15.8. The molecule has 0 aliphatic rings. The summed E-state index contributed by atoms with van der Waals surface area (Å²) in [5.41, 5.74) is 14.2. The fourth-order valence-corrected chi connectivity index (χ4v) is 8.65. The Morgan fingerprint density at radius 3 is 1.33 bits per heavy atom. The molecule has 0 saturated carbocycles. The molecule has 0 fully saturated rings. The third-order valence-electron chi connectivity index (χ3n) is 11.6. The summed E-state index contributed by atoms with van der Waals surface area (Å²) in [6.45, 7) is 8.48. The van der Waals surface area contributed by atoms with E-state index in [0.717, 1.165) is 55.2 Å². The quantitative estimate of drug-likeness (QED) is 0.161. The van der Waals surface area contributed by atoms with Crippen LogP contribution in [0.1, 0.15) is 22.3 Å². The van der Waals surface area contributed by atoms with Gasteiger partial charge in [-0.15, -0.1) is 0 Å². The second-order valence-electron chi connectivity index (χ2n) is 15.8. The first-order valence-electron chi connectivity index (χ1n) is 20.4. The van der Waals surface area contributed by atoms with E-state index in [0.29, 0.717) is 34.3 Å². The lowest BCUT2D eigenvalue weighted by atomic mass is 9.96. The SMILES string of the molecule is Cc1ccc(-c2ccc3c4ccc(-c5ccc(C)cc5C)cc4n(-c4cc(-c5c(F)cccc5F)ccc4-c4nc(-c5ccccc5)nc(-c5ccccc5)n4)c3c2)c(C)c1. The standard InChI is InChI=1S/C55H40F2N4/c1-33-18-23-42(35(3)28-33)39-20-25-44-45-26-21-40(43-24-19-34(2)29-36(43)4)31-50(45)61(49(44)30-39)51-32-41(52-47(56)16-11-17-48(52)57)22-27-46(51)55-59-53(37-12-7-5-8-13-37)58-54(60-55)38-14-9-6-10-15-38/h5-32H,1-4H3. The van der Waals surface area contributed by atoms with Crippen LogP contribution in [0.2, 0.25) is 0 Å². The van der Waals surface area contributed by atoms with Gasteiger partial charge >= 0.3 is 0 Å². The van der Waals surface area contributed by atoms with Gasteiger partial charge in [0.2, 0.25) is 0 Å². The number of hydrogen-bond donors (Lipinski definition) is 0. The lowest BCUT2D eigenvalue weighted by molar-refractivity contribution is 0.589. The second-order valence-corrected chi connectivity index (χ2v) is 15.8. The Morgan fingerprint density at radius 2 is 0.836 bits per heavy atom. The molecule has 61 heavy (non-hydrogen) atoms. The number of benzene rings is 8. The summed E-state index contributed by atoms with van der Waals surface area (Å²) >= 11 is 0. The molecule has 294 valence electrons. The number of hydrogen-bond acceptors (Lipinski definition) is 3. The van der Waals surface area contributed by atoms with Crippen molar-refractivity contribution in [1.29, 1.82) is 0 Å². The van der Waals surface area contributed by atoms with Gasteiger partial charge in [-0.05, 0) is 103 Å². The van der Waals surface area contributed by atoms with E-state index in [1.165, 1.54) is 40.5 Å². The largest absolute Gasteiger partial charge is 0.308 e. The highest BCUT2D eigenvalue weighted by molar-refractivity contribution is 6.12. The summed E-state index contributed by atoms with van der Waals surface area (Å²) in [6.07, 6.45) is 0. The molecular formula is C55H40F2N4. The topological polar surface area (TPSA) is 43.6 Å². The Hall–Kier alpha value is -7.57. The second kappa shape index (κ2) is 15.2. The smallest absolute Gasteiger partial charge is 0.166 e. The molecule has 0 bridgehead atoms. The van der Waals surface area contributed by atoms with Crippen LogP contribution in [0.3, 0.4) is 0 Å². The summed E-state index contributed by atoms with van der Waals surface area (Å²) in [7, 11) is 0. The molecule has 0 unspecified atom stereocenters. The van der Waals surface area contributed by atoms with Gasteiger partial charge in [-0.3, -0.25) is 0 Å². The van der Waals surface area contributed by atoms with Crippen molar-refractivity contribution in [2.75, 3.05) is 0 Å². The number of aromatic nitrogens is 4. The molecule has 10 aromatic rings. The van der Waals surface area contributed by atoms with Crippen LogP contribution >= 0.6 is 0 Å². The van der Waals surface area contributed by atoms with E-state index in [4.69, 9.17) is 15.0 Å². The van der Waals surface area contributed by atoms with E-state index >= 15 is 8.78 Å². The number of rotatable bonds is 7. The highest BCUT2D eigenvalue weighted by atomic mass is 19.1. The van der Waals surface area contributed by atoms with Gasteiger partial charge in [-0.25, -0.2) is 23.7 Å². The number of aryl methyl sites for hydroxylation is 4. The van der Waals surface area contributed by atoms with Gasteiger partial charge in [-0.2, -0.15) is 0 Å². The van der Waals surface area contributed by atoms with E-state index < -0.39 is 11.6 Å². The number of halogens is 2. The van der Waals surface area contributed by atoms with Crippen LogP contribution in [0, 0.1) is 39.3 Å². The van der Waals surface area contributed by atoms with Crippen LogP contribution in [0.5, 0.6) is 0 Å². The Balaban J connectivity index is 1.33. The van der Waals surface area contributed by atoms with E-state index in [2.05, 4.69) is 105 Å². The van der Waals surface area contributed by atoms with Crippen molar-refractivity contribution < 1.29 is 8.78 Å². The van der Waals surface area contributed by atoms with E-state index in [1.54, 1.807) is 6.07 Å². The van der Waals surface area contributed by atoms with Crippen LogP contribution in [0.4, 0.5) is 8.78 Å². The maximum Gasteiger partial charge on any atom is 0.166 e. The number of fused-ring (bicyclic) bond motifs is 3. The summed E-state index contributed by atoms with van der Waals surface area (Å²) in [5.74, 6) is 0.155. The third kappa shape index (κ3) is 6.86. The normalized spacial score (nSPS) is 11.4. The van der Waals surface area contributed by atoms with Gasteiger partial charge in [-0.1, -0.05) is 145 Å². The molecule has 0 amide bonds. The molecule has 2 aromatic heterocycles. The summed E-state index contributed by atoms with van der Waals surface area (Å²) in [5, 5.41) is 2.07. The summed E-state index contributed by atoms with van der Waals surface area (Å²) in [6, 6.07) is 55.4. The molecule has 0 radical (unpaired) electrons. The molecule has 0 atom stereocenters. The first-order valence-corrected chi connectivity index (χ1v) is 20.4. The van der Waals surface area contributed by atoms with E-state index in [9.17, 15) is 0 Å². The summed E-state index contributed by atoms with van der Waals surface area (Å²) < 4.78 is 33.7. The molecule has 0 spiro atoms. The predicted octanol–water partition coefficient (Wildman–Crippen LogP) is 14.5. The monoisotopic (exact) mass is 794 g/mol. The first kappa shape index (κ1) is 37.7. The van der Waals surface area contributed by atoms with Crippen molar-refractivity contribution in [3.63, 3.8) is 0 Å². The first-order chi connectivity index (χ1) is 29.7. The van der Waals surface area contributed by atoms with Gasteiger partial charge in [0, 0.05) is 27.5 Å². The van der Waals surface area contributed by atoms with Crippen molar-refractivity contribution in [2.45, 2.75) is 27.7 Å². The highest BCUT2D eigenvalue weighted by Crippen LogP contribution is 2.42. The molecule has 0 aliphatic carbocycles. The van der Waals surface area contributed by atoms with E-state index in [-0.39, 0.29) is 5.56 Å². The minimum absolute atomic E-state index is 0.103. The van der Waals surface area contributed by atoms with Crippen molar-refractivity contribution in [3.8, 4) is 73.2 Å². The van der Waals surface area contributed by atoms with Gasteiger partial charge in [0.05, 0.1) is 22.3 Å². The van der Waals surface area contributed by atoms with E-state index in [1.807, 2.05) is 72.8 Å². The Morgan fingerprint density at radius 1 is 0.377 bits per heavy atom. The van der Waals surface area contributed by atoms with Gasteiger partial charge < -0.3 is 4.57 Å². The van der Waals surface area contributed by atoms with Crippen molar-refractivity contribution in [1.82, 2.24) is 19.5 Å². The molecule has 6 heteroatoms. The lowest BCUT2D eigenvalue weighted by Gasteiger charge is -2.17. The average molecular weight is 795 g/mol. The Bertz CT molecular complexity index is 3130. The molecule has 0 N–H and O–H groups in total. The summed E-state index contributed by atoms with van der Waals surface area (Å²) in [4.78, 5) is 15.3. The minimum Gasteiger partial charge on any atom is -0.308 e. The predicted molar refractivity (Wildman–Crippen MR) is 246 cm³/mol. The molecule has 4 nitrogen and oxygen atoms in total. The molecule has 0 aliphatic heterocycles. The van der Waals surface area contributed by atoms with Gasteiger partial charge in [0.1, 0.15) is 11.6 Å². The third-order valence-corrected chi connectivity index (χ3v) is 11.6. The number of nitrogens with zero attached hydrogens (tertiary/aromatic N) is 4. The van der Waals surface area contributed by atoms with Crippen LogP contribution in [0.15, 0.2) is 170 Å². The van der Waals surface area contributed by atoms with Crippen molar-refractivity contribution >= 4 is 21.8 Å². The zero-order valence-electron chi connectivity index (χ0n) is 34.2. The maximum atomic E-state index is 15.8. The van der Waals surface area contributed by atoms with Crippen LogP contribution in [-0.4, -0.2) is 19.5 Å². The molecule has 0 saturated heterocycles. The Labute approximate surface area is 353 Å². The average Bonchev–Trinajstić information content (AvgIpc) is 3.59. The Kier molecular flexibility index (Phi) is 9.41. The van der Waals surface area contributed by atoms with Crippen LogP contribution in [-0.2, 0) is 0 Å².